The Morgan fingerprint density at radius 3 is 2.00 bits per heavy atom. The van der Waals surface area contributed by atoms with Gasteiger partial charge in [0.15, 0.2) is 6.29 Å². The summed E-state index contributed by atoms with van der Waals surface area (Å²) in [5.41, 5.74) is -0.409. The van der Waals surface area contributed by atoms with Crippen LogP contribution in [0.3, 0.4) is 0 Å². The van der Waals surface area contributed by atoms with Gasteiger partial charge in [-0.2, -0.15) is 0 Å². The minimum atomic E-state index is -0.479. The number of ketones is 1. The molecule has 0 aromatic heterocycles. The molecule has 1 aliphatic rings. The number of ether oxygens (including phenoxy) is 2. The van der Waals surface area contributed by atoms with Crippen LogP contribution in [0.15, 0.2) is 0 Å². The summed E-state index contributed by atoms with van der Waals surface area (Å²) in [6.07, 6.45) is 1.02. The standard InChI is InChI=1S/C11H20O3/c1-10(2)6-8(12)11(3,7-10)9(13-4)14-5/h9H,6-7H2,1-5H3. The van der Waals surface area contributed by atoms with Gasteiger partial charge in [-0.1, -0.05) is 13.8 Å². The van der Waals surface area contributed by atoms with Crippen LogP contribution in [-0.2, 0) is 14.3 Å². The molecule has 0 aromatic carbocycles. The second kappa shape index (κ2) is 3.63. The SMILES string of the molecule is COC(OC)C1(C)CC(C)(C)CC1=O. The van der Waals surface area contributed by atoms with E-state index in [1.54, 1.807) is 14.2 Å². The lowest BCUT2D eigenvalue weighted by molar-refractivity contribution is -0.179. The lowest BCUT2D eigenvalue weighted by Crippen LogP contribution is -2.39. The zero-order valence-electron chi connectivity index (χ0n) is 9.72. The van der Waals surface area contributed by atoms with Crippen LogP contribution in [0.5, 0.6) is 0 Å². The third-order valence-corrected chi connectivity index (χ3v) is 3.07. The van der Waals surface area contributed by atoms with E-state index in [4.69, 9.17) is 9.47 Å². The fraction of sp³-hybridized carbons (Fsp3) is 0.909. The van der Waals surface area contributed by atoms with Crippen LogP contribution in [0, 0.1) is 10.8 Å². The lowest BCUT2D eigenvalue weighted by atomic mass is 9.82. The maximum Gasteiger partial charge on any atom is 0.168 e. The summed E-state index contributed by atoms with van der Waals surface area (Å²) < 4.78 is 10.4. The van der Waals surface area contributed by atoms with Gasteiger partial charge in [0.1, 0.15) is 5.78 Å². The smallest absolute Gasteiger partial charge is 0.168 e. The molecule has 0 radical (unpaired) electrons. The molecular formula is C11H20O3. The Balaban J connectivity index is 2.89. The Hall–Kier alpha value is -0.410. The van der Waals surface area contributed by atoms with E-state index in [0.29, 0.717) is 6.42 Å². The van der Waals surface area contributed by atoms with Gasteiger partial charge >= 0.3 is 0 Å². The highest BCUT2D eigenvalue weighted by molar-refractivity contribution is 5.87. The highest BCUT2D eigenvalue weighted by atomic mass is 16.7. The summed E-state index contributed by atoms with van der Waals surface area (Å²) in [6.45, 7) is 6.15. The monoisotopic (exact) mass is 200 g/mol. The van der Waals surface area contributed by atoms with E-state index >= 15 is 0 Å². The first kappa shape index (κ1) is 11.7. The fourth-order valence-corrected chi connectivity index (χ4v) is 2.62. The molecular weight excluding hydrogens is 180 g/mol. The van der Waals surface area contributed by atoms with Crippen LogP contribution in [-0.4, -0.2) is 26.3 Å². The predicted octanol–water partition coefficient (Wildman–Crippen LogP) is 2.00. The van der Waals surface area contributed by atoms with Crippen molar-refractivity contribution in [2.75, 3.05) is 14.2 Å². The van der Waals surface area contributed by atoms with E-state index in [-0.39, 0.29) is 11.2 Å². The van der Waals surface area contributed by atoms with Gasteiger partial charge in [0.05, 0.1) is 5.41 Å². The molecule has 0 aliphatic heterocycles. The topological polar surface area (TPSA) is 35.5 Å². The Morgan fingerprint density at radius 2 is 1.71 bits per heavy atom. The summed E-state index contributed by atoms with van der Waals surface area (Å²) in [6, 6.07) is 0. The molecule has 0 amide bonds. The quantitative estimate of drug-likeness (QED) is 0.654. The van der Waals surface area contributed by atoms with Crippen molar-refractivity contribution in [1.82, 2.24) is 0 Å². The summed E-state index contributed by atoms with van der Waals surface area (Å²) in [5, 5.41) is 0. The fourth-order valence-electron chi connectivity index (χ4n) is 2.62. The Kier molecular flexibility index (Phi) is 3.02. The van der Waals surface area contributed by atoms with Gasteiger partial charge in [-0.05, 0) is 18.8 Å². The van der Waals surface area contributed by atoms with Crippen LogP contribution in [0.2, 0.25) is 0 Å². The van der Waals surface area contributed by atoms with Crippen molar-refractivity contribution in [3.05, 3.63) is 0 Å². The molecule has 14 heavy (non-hydrogen) atoms. The number of methoxy groups -OCH3 is 2. The largest absolute Gasteiger partial charge is 0.355 e. The molecule has 0 aromatic rings. The maximum absolute atomic E-state index is 11.9. The van der Waals surface area contributed by atoms with Crippen molar-refractivity contribution in [3.8, 4) is 0 Å². The minimum Gasteiger partial charge on any atom is -0.355 e. The van der Waals surface area contributed by atoms with E-state index in [2.05, 4.69) is 13.8 Å². The molecule has 82 valence electrons. The predicted molar refractivity (Wildman–Crippen MR) is 53.9 cm³/mol. The summed E-state index contributed by atoms with van der Waals surface area (Å²) in [4.78, 5) is 11.9. The van der Waals surface area contributed by atoms with E-state index in [9.17, 15) is 4.79 Å². The number of hydrogen-bond acceptors (Lipinski definition) is 3. The summed E-state index contributed by atoms with van der Waals surface area (Å²) in [7, 11) is 3.16. The average molecular weight is 200 g/mol. The van der Waals surface area contributed by atoms with E-state index in [1.807, 2.05) is 6.92 Å². The summed E-state index contributed by atoms with van der Waals surface area (Å²) in [5.74, 6) is 0.246. The number of carbonyl (C=O) groups excluding carboxylic acids is 1. The maximum atomic E-state index is 11.9. The molecule has 1 fully saturated rings. The van der Waals surface area contributed by atoms with Crippen LogP contribution in [0.25, 0.3) is 0 Å². The van der Waals surface area contributed by atoms with Crippen LogP contribution < -0.4 is 0 Å². The van der Waals surface area contributed by atoms with Gasteiger partial charge in [-0.25, -0.2) is 0 Å². The van der Waals surface area contributed by atoms with Gasteiger partial charge in [-0.3, -0.25) is 4.79 Å². The first-order valence-electron chi connectivity index (χ1n) is 4.94. The van der Waals surface area contributed by atoms with Gasteiger partial charge in [0, 0.05) is 20.6 Å². The highest BCUT2D eigenvalue weighted by Gasteiger charge is 2.52. The minimum absolute atomic E-state index is 0.0706. The van der Waals surface area contributed by atoms with E-state index < -0.39 is 11.7 Å². The average Bonchev–Trinajstić information content (AvgIpc) is 2.23. The Labute approximate surface area is 85.8 Å². The highest BCUT2D eigenvalue weighted by Crippen LogP contribution is 2.48. The molecule has 3 heteroatoms. The number of carbonyl (C=O) groups is 1. The molecule has 3 nitrogen and oxygen atoms in total. The summed E-state index contributed by atoms with van der Waals surface area (Å²) >= 11 is 0. The molecule has 0 heterocycles. The molecule has 0 N–H and O–H groups in total. The van der Waals surface area contributed by atoms with Gasteiger partial charge in [-0.15, -0.1) is 0 Å². The second-order valence-corrected chi connectivity index (χ2v) is 5.16. The first-order valence-corrected chi connectivity index (χ1v) is 4.94. The third-order valence-electron chi connectivity index (χ3n) is 3.07. The zero-order valence-corrected chi connectivity index (χ0v) is 9.72. The first-order chi connectivity index (χ1) is 6.35. The van der Waals surface area contributed by atoms with Crippen molar-refractivity contribution < 1.29 is 14.3 Å². The molecule has 1 aliphatic carbocycles. The normalized spacial score (nSPS) is 31.4. The van der Waals surface area contributed by atoms with E-state index in [0.717, 1.165) is 6.42 Å². The van der Waals surface area contributed by atoms with Gasteiger partial charge < -0.3 is 9.47 Å². The van der Waals surface area contributed by atoms with Gasteiger partial charge in [0.25, 0.3) is 0 Å². The zero-order chi connectivity index (χ0) is 11.0. The second-order valence-electron chi connectivity index (χ2n) is 5.16. The van der Waals surface area contributed by atoms with E-state index in [1.165, 1.54) is 0 Å². The lowest BCUT2D eigenvalue weighted by Gasteiger charge is -2.31. The van der Waals surface area contributed by atoms with Crippen molar-refractivity contribution in [2.45, 2.75) is 39.9 Å². The Morgan fingerprint density at radius 1 is 1.21 bits per heavy atom. The molecule has 1 unspecified atom stereocenters. The molecule has 1 atom stereocenters. The molecule has 0 spiro atoms. The molecule has 1 rings (SSSR count). The van der Waals surface area contributed by atoms with Crippen molar-refractivity contribution >= 4 is 5.78 Å². The molecule has 0 bridgehead atoms. The Bertz CT molecular complexity index is 231. The number of hydrogen-bond donors (Lipinski definition) is 0. The van der Waals surface area contributed by atoms with Crippen LogP contribution in [0.1, 0.15) is 33.6 Å². The van der Waals surface area contributed by atoms with Crippen molar-refractivity contribution in [1.29, 1.82) is 0 Å². The number of rotatable bonds is 3. The molecule has 1 saturated carbocycles. The third kappa shape index (κ3) is 1.84. The van der Waals surface area contributed by atoms with Gasteiger partial charge in [0.2, 0.25) is 0 Å². The van der Waals surface area contributed by atoms with Crippen molar-refractivity contribution in [2.24, 2.45) is 10.8 Å². The van der Waals surface area contributed by atoms with Crippen molar-refractivity contribution in [3.63, 3.8) is 0 Å². The molecule has 0 saturated heterocycles. The van der Waals surface area contributed by atoms with Crippen LogP contribution >= 0.6 is 0 Å². The number of Topliss-reactive ketones (excluding diaryl/α,β-unsaturated/α-hetero) is 1. The van der Waals surface area contributed by atoms with Crippen LogP contribution in [0.4, 0.5) is 0 Å².